The largest absolute Gasteiger partial charge is 0.496 e. The second-order valence-electron chi connectivity index (χ2n) is 5.56. The van der Waals surface area contributed by atoms with E-state index in [0.29, 0.717) is 11.6 Å². The molecule has 4 heteroatoms. The molecular weight excluding hydrogens is 262 g/mol. The maximum absolute atomic E-state index is 12.1. The number of carbonyl (C=O) groups excluding carboxylic acids is 1. The second-order valence-corrected chi connectivity index (χ2v) is 5.97. The molecular formula is C15H18ClNO2. The van der Waals surface area contributed by atoms with Crippen molar-refractivity contribution in [2.75, 3.05) is 7.11 Å². The highest BCUT2D eigenvalue weighted by Gasteiger charge is 2.47. The highest BCUT2D eigenvalue weighted by molar-refractivity contribution is 6.31. The summed E-state index contributed by atoms with van der Waals surface area (Å²) in [6, 6.07) is 5.52. The Morgan fingerprint density at radius 3 is 2.79 bits per heavy atom. The van der Waals surface area contributed by atoms with E-state index in [4.69, 9.17) is 16.3 Å². The van der Waals surface area contributed by atoms with Gasteiger partial charge in [-0.3, -0.25) is 4.79 Å². The van der Waals surface area contributed by atoms with E-state index in [0.717, 1.165) is 36.0 Å². The fraction of sp³-hybridized carbons (Fsp3) is 0.533. The van der Waals surface area contributed by atoms with Gasteiger partial charge in [-0.15, -0.1) is 0 Å². The van der Waals surface area contributed by atoms with Gasteiger partial charge < -0.3 is 10.1 Å². The molecule has 1 aromatic rings. The molecule has 2 atom stereocenters. The first-order valence-corrected chi connectivity index (χ1v) is 7.16. The van der Waals surface area contributed by atoms with Gasteiger partial charge in [0.1, 0.15) is 5.75 Å². The van der Waals surface area contributed by atoms with Crippen molar-refractivity contribution >= 4 is 17.5 Å². The van der Waals surface area contributed by atoms with Crippen LogP contribution in [0.3, 0.4) is 0 Å². The second kappa shape index (κ2) is 5.04. The van der Waals surface area contributed by atoms with Crippen molar-refractivity contribution in [3.8, 4) is 5.75 Å². The molecule has 2 aliphatic carbocycles. The van der Waals surface area contributed by atoms with Crippen LogP contribution < -0.4 is 10.1 Å². The number of hydrogen-bond acceptors (Lipinski definition) is 2. The zero-order chi connectivity index (χ0) is 13.4. The lowest BCUT2D eigenvalue weighted by Crippen LogP contribution is -2.29. The minimum atomic E-state index is 0.161. The van der Waals surface area contributed by atoms with E-state index in [2.05, 4.69) is 5.32 Å². The first-order valence-electron chi connectivity index (χ1n) is 6.78. The SMILES string of the molecule is COc1cccc(Cl)c1CNC(=O)C1CC2CC2C1. The minimum Gasteiger partial charge on any atom is -0.496 e. The summed E-state index contributed by atoms with van der Waals surface area (Å²) in [6.07, 6.45) is 3.47. The molecule has 1 amide bonds. The van der Waals surface area contributed by atoms with Gasteiger partial charge in [-0.25, -0.2) is 0 Å². The smallest absolute Gasteiger partial charge is 0.223 e. The van der Waals surface area contributed by atoms with E-state index in [1.807, 2.05) is 18.2 Å². The maximum atomic E-state index is 12.1. The van der Waals surface area contributed by atoms with Gasteiger partial charge in [0.2, 0.25) is 5.91 Å². The van der Waals surface area contributed by atoms with Gasteiger partial charge in [-0.2, -0.15) is 0 Å². The van der Waals surface area contributed by atoms with E-state index in [-0.39, 0.29) is 11.8 Å². The van der Waals surface area contributed by atoms with Crippen LogP contribution >= 0.6 is 11.6 Å². The van der Waals surface area contributed by atoms with Crippen LogP contribution in [0.4, 0.5) is 0 Å². The lowest BCUT2D eigenvalue weighted by molar-refractivity contribution is -0.125. The summed E-state index contributed by atoms with van der Waals surface area (Å²) in [6.45, 7) is 0.438. The number of nitrogens with one attached hydrogen (secondary N) is 1. The van der Waals surface area contributed by atoms with E-state index >= 15 is 0 Å². The monoisotopic (exact) mass is 279 g/mol. The van der Waals surface area contributed by atoms with Gasteiger partial charge >= 0.3 is 0 Å². The Balaban J connectivity index is 1.61. The molecule has 2 saturated carbocycles. The topological polar surface area (TPSA) is 38.3 Å². The first-order chi connectivity index (χ1) is 9.19. The van der Waals surface area contributed by atoms with Crippen molar-refractivity contribution in [2.24, 2.45) is 17.8 Å². The van der Waals surface area contributed by atoms with Crippen LogP contribution in [0.5, 0.6) is 5.75 Å². The zero-order valence-corrected chi connectivity index (χ0v) is 11.7. The number of hydrogen-bond donors (Lipinski definition) is 1. The molecule has 3 nitrogen and oxygen atoms in total. The van der Waals surface area contributed by atoms with Gasteiger partial charge in [0.05, 0.1) is 7.11 Å². The van der Waals surface area contributed by atoms with E-state index < -0.39 is 0 Å². The van der Waals surface area contributed by atoms with Crippen LogP contribution in [0.15, 0.2) is 18.2 Å². The Labute approximate surface area is 118 Å². The van der Waals surface area contributed by atoms with E-state index in [9.17, 15) is 4.79 Å². The number of amides is 1. The van der Waals surface area contributed by atoms with Gasteiger partial charge in [0.25, 0.3) is 0 Å². The molecule has 0 spiro atoms. The standard InChI is InChI=1S/C15H18ClNO2/c1-19-14-4-2-3-13(16)12(14)8-17-15(18)11-6-9-5-10(9)7-11/h2-4,9-11H,5-8H2,1H3,(H,17,18). The minimum absolute atomic E-state index is 0.161. The summed E-state index contributed by atoms with van der Waals surface area (Å²) in [4.78, 5) is 12.1. The molecule has 1 aromatic carbocycles. The average molecular weight is 280 g/mol. The Morgan fingerprint density at radius 1 is 1.37 bits per heavy atom. The predicted octanol–water partition coefficient (Wildman–Crippen LogP) is 3.01. The van der Waals surface area contributed by atoms with Crippen molar-refractivity contribution < 1.29 is 9.53 Å². The lowest BCUT2D eigenvalue weighted by atomic mass is 10.0. The van der Waals surface area contributed by atoms with Gasteiger partial charge in [0, 0.05) is 23.0 Å². The lowest BCUT2D eigenvalue weighted by Gasteiger charge is -2.14. The Morgan fingerprint density at radius 2 is 2.11 bits per heavy atom. The van der Waals surface area contributed by atoms with Crippen LogP contribution in [0.2, 0.25) is 5.02 Å². The summed E-state index contributed by atoms with van der Waals surface area (Å²) in [5, 5.41) is 3.63. The quantitative estimate of drug-likeness (QED) is 0.920. The number of halogens is 1. The number of carbonyl (C=O) groups is 1. The molecule has 0 bridgehead atoms. The molecule has 3 rings (SSSR count). The molecule has 0 aromatic heterocycles. The molecule has 2 unspecified atom stereocenters. The molecule has 0 radical (unpaired) electrons. The van der Waals surface area contributed by atoms with Crippen LogP contribution in [0.25, 0.3) is 0 Å². The van der Waals surface area contributed by atoms with E-state index in [1.54, 1.807) is 7.11 Å². The summed E-state index contributed by atoms with van der Waals surface area (Å²) < 4.78 is 5.27. The van der Waals surface area contributed by atoms with Gasteiger partial charge in [0.15, 0.2) is 0 Å². The summed E-state index contributed by atoms with van der Waals surface area (Å²) in [5.74, 6) is 2.74. The van der Waals surface area contributed by atoms with Gasteiger partial charge in [-0.05, 0) is 43.2 Å². The highest BCUT2D eigenvalue weighted by atomic mass is 35.5. The van der Waals surface area contributed by atoms with Crippen molar-refractivity contribution in [1.82, 2.24) is 5.32 Å². The van der Waals surface area contributed by atoms with Crippen molar-refractivity contribution in [2.45, 2.75) is 25.8 Å². The summed E-state index contributed by atoms with van der Waals surface area (Å²) >= 11 is 6.15. The van der Waals surface area contributed by atoms with Gasteiger partial charge in [-0.1, -0.05) is 17.7 Å². The van der Waals surface area contributed by atoms with Crippen molar-refractivity contribution in [3.05, 3.63) is 28.8 Å². The highest BCUT2D eigenvalue weighted by Crippen LogP contribution is 2.54. The van der Waals surface area contributed by atoms with Crippen LogP contribution in [0.1, 0.15) is 24.8 Å². The third-order valence-electron chi connectivity index (χ3n) is 4.35. The Kier molecular flexibility index (Phi) is 3.40. The normalized spacial score (nSPS) is 27.8. The molecule has 0 aliphatic heterocycles. The Bertz CT molecular complexity index is 493. The summed E-state index contributed by atoms with van der Waals surface area (Å²) in [7, 11) is 1.61. The van der Waals surface area contributed by atoms with Crippen LogP contribution in [-0.4, -0.2) is 13.0 Å². The Hall–Kier alpha value is -1.22. The van der Waals surface area contributed by atoms with E-state index in [1.165, 1.54) is 6.42 Å². The molecule has 1 N–H and O–H groups in total. The van der Waals surface area contributed by atoms with Crippen LogP contribution in [-0.2, 0) is 11.3 Å². The zero-order valence-electron chi connectivity index (χ0n) is 11.0. The maximum Gasteiger partial charge on any atom is 0.223 e. The molecule has 19 heavy (non-hydrogen) atoms. The third kappa shape index (κ3) is 2.57. The average Bonchev–Trinajstić information content (AvgIpc) is 3.03. The fourth-order valence-electron chi connectivity index (χ4n) is 3.15. The number of benzene rings is 1. The number of ether oxygens (including phenoxy) is 1. The molecule has 2 fully saturated rings. The first kappa shape index (κ1) is 12.8. The predicted molar refractivity (Wildman–Crippen MR) is 74.2 cm³/mol. The summed E-state index contributed by atoms with van der Waals surface area (Å²) in [5.41, 5.74) is 0.850. The van der Waals surface area contributed by atoms with Crippen LogP contribution in [0, 0.1) is 17.8 Å². The third-order valence-corrected chi connectivity index (χ3v) is 4.70. The molecule has 0 saturated heterocycles. The molecule has 2 aliphatic rings. The number of rotatable bonds is 4. The fourth-order valence-corrected chi connectivity index (χ4v) is 3.38. The van der Waals surface area contributed by atoms with Crippen molar-refractivity contribution in [3.63, 3.8) is 0 Å². The number of fused-ring (bicyclic) bond motifs is 1. The molecule has 0 heterocycles. The number of methoxy groups -OCH3 is 1. The van der Waals surface area contributed by atoms with Crippen molar-refractivity contribution in [1.29, 1.82) is 0 Å². The molecule has 102 valence electrons.